The van der Waals surface area contributed by atoms with Gasteiger partial charge in [0.25, 0.3) is 0 Å². The molecule has 0 fully saturated rings. The molecule has 0 bridgehead atoms. The van der Waals surface area contributed by atoms with Crippen molar-refractivity contribution in [3.05, 3.63) is 0 Å². The van der Waals surface area contributed by atoms with Gasteiger partial charge in [-0.15, -0.1) is 0 Å². The predicted molar refractivity (Wildman–Crippen MR) is 53.5 cm³/mol. The highest BCUT2D eigenvalue weighted by Crippen LogP contribution is 2.07. The van der Waals surface area contributed by atoms with Gasteiger partial charge in [0, 0.05) is 6.04 Å². The first-order chi connectivity index (χ1) is 5.49. The van der Waals surface area contributed by atoms with Gasteiger partial charge in [-0.2, -0.15) is 0 Å². The second-order valence-electron chi connectivity index (χ2n) is 4.09. The van der Waals surface area contributed by atoms with Crippen molar-refractivity contribution < 1.29 is 4.74 Å². The van der Waals surface area contributed by atoms with Gasteiger partial charge in [-0.3, -0.25) is 0 Å². The van der Waals surface area contributed by atoms with Gasteiger partial charge >= 0.3 is 0 Å². The van der Waals surface area contributed by atoms with Crippen molar-refractivity contribution in [2.24, 2.45) is 0 Å². The molecule has 0 radical (unpaired) electrons. The normalized spacial score (nSPS) is 14.8. The summed E-state index contributed by atoms with van der Waals surface area (Å²) < 4.78 is 5.67. The quantitative estimate of drug-likeness (QED) is 0.688. The Balaban J connectivity index is 3.58. The summed E-state index contributed by atoms with van der Waals surface area (Å²) in [5.41, 5.74) is -0.0111. The molecule has 0 spiro atoms. The van der Waals surface area contributed by atoms with Crippen LogP contribution in [0.15, 0.2) is 0 Å². The number of likely N-dealkylation sites (N-methyl/N-ethyl adjacent to an activating group) is 1. The molecule has 0 aromatic heterocycles. The van der Waals surface area contributed by atoms with E-state index in [-0.39, 0.29) is 5.60 Å². The van der Waals surface area contributed by atoms with Crippen molar-refractivity contribution in [3.8, 4) is 0 Å². The molecule has 1 atom stereocenters. The van der Waals surface area contributed by atoms with Crippen molar-refractivity contribution >= 4 is 0 Å². The Labute approximate surface area is 76.7 Å². The molecule has 12 heavy (non-hydrogen) atoms. The van der Waals surface area contributed by atoms with Crippen molar-refractivity contribution in [1.29, 1.82) is 0 Å². The standard InChI is InChI=1S/C10H23NO/c1-6-9(11-7-2)8-12-10(3,4)5/h9,11H,6-8H2,1-5H3. The highest BCUT2D eigenvalue weighted by molar-refractivity contribution is 4.66. The summed E-state index contributed by atoms with van der Waals surface area (Å²) in [5.74, 6) is 0. The third-order valence-electron chi connectivity index (χ3n) is 1.70. The van der Waals surface area contributed by atoms with Crippen LogP contribution in [0.1, 0.15) is 41.0 Å². The summed E-state index contributed by atoms with van der Waals surface area (Å²) in [7, 11) is 0. The highest BCUT2D eigenvalue weighted by atomic mass is 16.5. The van der Waals surface area contributed by atoms with Gasteiger partial charge in [0.05, 0.1) is 12.2 Å². The van der Waals surface area contributed by atoms with Crippen LogP contribution in [0.5, 0.6) is 0 Å². The van der Waals surface area contributed by atoms with E-state index in [0.717, 1.165) is 19.6 Å². The van der Waals surface area contributed by atoms with Crippen molar-refractivity contribution in [2.75, 3.05) is 13.2 Å². The van der Waals surface area contributed by atoms with Crippen LogP contribution in [0.4, 0.5) is 0 Å². The summed E-state index contributed by atoms with van der Waals surface area (Å²) in [5, 5.41) is 3.38. The summed E-state index contributed by atoms with van der Waals surface area (Å²) in [6, 6.07) is 0.509. The van der Waals surface area contributed by atoms with Gasteiger partial charge < -0.3 is 10.1 Å². The fraction of sp³-hybridized carbons (Fsp3) is 1.00. The third kappa shape index (κ3) is 6.62. The molecule has 2 nitrogen and oxygen atoms in total. The van der Waals surface area contributed by atoms with Gasteiger partial charge in [0.2, 0.25) is 0 Å². The fourth-order valence-electron chi connectivity index (χ4n) is 0.960. The smallest absolute Gasteiger partial charge is 0.0626 e. The molecule has 0 aromatic carbocycles. The van der Waals surface area contributed by atoms with Crippen molar-refractivity contribution in [2.45, 2.75) is 52.7 Å². The first-order valence-corrected chi connectivity index (χ1v) is 4.87. The fourth-order valence-corrected chi connectivity index (χ4v) is 0.960. The Bertz CT molecular complexity index is 107. The van der Waals surface area contributed by atoms with E-state index in [1.165, 1.54) is 0 Å². The molecule has 0 amide bonds. The van der Waals surface area contributed by atoms with E-state index in [2.05, 4.69) is 39.9 Å². The minimum atomic E-state index is -0.0111. The molecule has 0 saturated heterocycles. The van der Waals surface area contributed by atoms with Gasteiger partial charge in [-0.1, -0.05) is 13.8 Å². The zero-order valence-corrected chi connectivity index (χ0v) is 9.11. The van der Waals surface area contributed by atoms with Crippen LogP contribution in [0.3, 0.4) is 0 Å². The maximum atomic E-state index is 5.67. The lowest BCUT2D eigenvalue weighted by Gasteiger charge is -2.24. The zero-order chi connectivity index (χ0) is 9.61. The molecule has 2 heteroatoms. The average Bonchev–Trinajstić information content (AvgIpc) is 1.96. The van der Waals surface area contributed by atoms with Crippen LogP contribution in [0.25, 0.3) is 0 Å². The zero-order valence-electron chi connectivity index (χ0n) is 9.11. The molecule has 0 aromatic rings. The SMILES string of the molecule is CCNC(CC)COC(C)(C)C. The van der Waals surface area contributed by atoms with E-state index in [1.54, 1.807) is 0 Å². The number of ether oxygens (including phenoxy) is 1. The monoisotopic (exact) mass is 173 g/mol. The average molecular weight is 173 g/mol. The molecule has 1 unspecified atom stereocenters. The van der Waals surface area contributed by atoms with Gasteiger partial charge in [0.15, 0.2) is 0 Å². The highest BCUT2D eigenvalue weighted by Gasteiger charge is 2.13. The van der Waals surface area contributed by atoms with Crippen LogP contribution in [0.2, 0.25) is 0 Å². The topological polar surface area (TPSA) is 21.3 Å². The Kier molecular flexibility index (Phi) is 5.51. The maximum absolute atomic E-state index is 5.67. The minimum absolute atomic E-state index is 0.0111. The number of nitrogens with one attached hydrogen (secondary N) is 1. The molecular formula is C10H23NO. The first-order valence-electron chi connectivity index (χ1n) is 4.87. The third-order valence-corrected chi connectivity index (χ3v) is 1.70. The molecule has 0 aliphatic rings. The Morgan fingerprint density at radius 1 is 1.25 bits per heavy atom. The lowest BCUT2D eigenvalue weighted by atomic mass is 10.2. The molecule has 0 heterocycles. The van der Waals surface area contributed by atoms with E-state index >= 15 is 0 Å². The van der Waals surface area contributed by atoms with E-state index in [4.69, 9.17) is 4.74 Å². The second-order valence-corrected chi connectivity index (χ2v) is 4.09. The largest absolute Gasteiger partial charge is 0.374 e. The van der Waals surface area contributed by atoms with E-state index in [0.29, 0.717) is 6.04 Å². The summed E-state index contributed by atoms with van der Waals surface area (Å²) >= 11 is 0. The first kappa shape index (κ1) is 11.9. The number of hydrogen-bond acceptors (Lipinski definition) is 2. The van der Waals surface area contributed by atoms with Gasteiger partial charge in [-0.25, -0.2) is 0 Å². The molecule has 0 saturated carbocycles. The van der Waals surface area contributed by atoms with Crippen LogP contribution in [-0.2, 0) is 4.74 Å². The van der Waals surface area contributed by atoms with Crippen LogP contribution >= 0.6 is 0 Å². The van der Waals surface area contributed by atoms with Crippen molar-refractivity contribution in [3.63, 3.8) is 0 Å². The molecule has 0 rings (SSSR count). The van der Waals surface area contributed by atoms with E-state index in [1.807, 2.05) is 0 Å². The lowest BCUT2D eigenvalue weighted by Crippen LogP contribution is -2.35. The Morgan fingerprint density at radius 2 is 1.83 bits per heavy atom. The number of rotatable bonds is 5. The molecular weight excluding hydrogens is 150 g/mol. The molecule has 0 aliphatic carbocycles. The van der Waals surface area contributed by atoms with E-state index in [9.17, 15) is 0 Å². The summed E-state index contributed by atoms with van der Waals surface area (Å²) in [4.78, 5) is 0. The van der Waals surface area contributed by atoms with Crippen molar-refractivity contribution in [1.82, 2.24) is 5.32 Å². The predicted octanol–water partition coefficient (Wildman–Crippen LogP) is 2.19. The minimum Gasteiger partial charge on any atom is -0.374 e. The second kappa shape index (κ2) is 5.55. The number of hydrogen-bond donors (Lipinski definition) is 1. The molecule has 1 N–H and O–H groups in total. The maximum Gasteiger partial charge on any atom is 0.0626 e. The molecule has 0 aliphatic heterocycles. The van der Waals surface area contributed by atoms with Crippen LogP contribution in [-0.4, -0.2) is 24.8 Å². The van der Waals surface area contributed by atoms with Gasteiger partial charge in [0.1, 0.15) is 0 Å². The van der Waals surface area contributed by atoms with Gasteiger partial charge in [-0.05, 0) is 33.7 Å². The van der Waals surface area contributed by atoms with E-state index < -0.39 is 0 Å². The lowest BCUT2D eigenvalue weighted by molar-refractivity contribution is -0.0146. The Morgan fingerprint density at radius 3 is 2.17 bits per heavy atom. The van der Waals surface area contributed by atoms with Crippen LogP contribution < -0.4 is 5.32 Å². The molecule has 74 valence electrons. The van der Waals surface area contributed by atoms with Crippen LogP contribution in [0, 0.1) is 0 Å². The summed E-state index contributed by atoms with van der Waals surface area (Å²) in [6.07, 6.45) is 1.13. The Hall–Kier alpha value is -0.0800. The summed E-state index contributed by atoms with van der Waals surface area (Å²) in [6.45, 7) is 12.4.